The van der Waals surface area contributed by atoms with E-state index in [-0.39, 0.29) is 0 Å². The predicted molar refractivity (Wildman–Crippen MR) is 41.8 cm³/mol. The number of carbonyl (C=O) groups excluding carboxylic acids is 1. The highest BCUT2D eigenvalue weighted by Gasteiger charge is 1.92. The summed E-state index contributed by atoms with van der Waals surface area (Å²) in [4.78, 5) is 10.2. The first-order chi connectivity index (χ1) is 5.72. The Morgan fingerprint density at radius 2 is 2.18 bits per heavy atom. The number of hydrogen-bond donors (Lipinski definition) is 1. The van der Waals surface area contributed by atoms with Gasteiger partial charge in [-0.2, -0.15) is 0 Å². The maximum Gasteiger partial charge on any atom is 0.504 e. The van der Waals surface area contributed by atoms with Crippen LogP contribution in [0, 0.1) is 0 Å². The summed E-state index contributed by atoms with van der Waals surface area (Å²) in [6.07, 6.45) is 0.709. The third-order valence-electron chi connectivity index (χ3n) is 1.20. The molecule has 0 saturated carbocycles. The first-order valence-corrected chi connectivity index (χ1v) is 3.04. The number of carbonyl (C=O) groups is 1. The molecule has 4 heteroatoms. The Morgan fingerprint density at radius 1 is 1.55 bits per heavy atom. The van der Waals surface area contributed by atoms with Crippen molar-refractivity contribution in [2.75, 3.05) is 0 Å². The summed E-state index contributed by atoms with van der Waals surface area (Å²) in [5.74, 6) is 0.364. The van der Waals surface area contributed by atoms with Crippen LogP contribution < -0.4 is 4.65 Å². The normalized spacial score (nSPS) is 10.1. The van der Waals surface area contributed by atoms with Gasteiger partial charge >= 0.3 is 7.65 Å². The lowest BCUT2D eigenvalue weighted by atomic mass is 10.2. The van der Waals surface area contributed by atoms with E-state index in [1.165, 1.54) is 12.1 Å². The highest BCUT2D eigenvalue weighted by atomic mass is 16.5. The average molecular weight is 151 g/mol. The first-order valence-electron chi connectivity index (χ1n) is 3.62. The van der Waals surface area contributed by atoms with Gasteiger partial charge in [0.1, 0.15) is 12.0 Å². The standard InChI is InChI=1S/C7H7BO3/c9-5-6-1-3-7(4-2-6)11-8-10/h1-5,8,10H/i8D. The van der Waals surface area contributed by atoms with E-state index < -0.39 is 7.65 Å². The second kappa shape index (κ2) is 3.78. The van der Waals surface area contributed by atoms with Crippen molar-refractivity contribution in [2.45, 2.75) is 0 Å². The second-order valence-corrected chi connectivity index (χ2v) is 1.91. The summed E-state index contributed by atoms with van der Waals surface area (Å²) in [5.41, 5.74) is 0.529. The molecule has 0 spiro atoms. The van der Waals surface area contributed by atoms with Crippen LogP contribution in [0.1, 0.15) is 10.4 Å². The van der Waals surface area contributed by atoms with E-state index in [1.807, 2.05) is 0 Å². The Kier molecular flexibility index (Phi) is 2.21. The zero-order valence-electron chi connectivity index (χ0n) is 6.73. The van der Waals surface area contributed by atoms with Gasteiger partial charge in [-0.1, -0.05) is 0 Å². The largest absolute Gasteiger partial charge is 0.539 e. The van der Waals surface area contributed by atoms with Crippen LogP contribution in [0.3, 0.4) is 0 Å². The zero-order chi connectivity index (χ0) is 8.97. The van der Waals surface area contributed by atoms with Gasteiger partial charge in [0.25, 0.3) is 0 Å². The van der Waals surface area contributed by atoms with Crippen LogP contribution in [-0.4, -0.2) is 20.3 Å². The molecule has 1 aromatic carbocycles. The van der Waals surface area contributed by atoms with E-state index in [0.29, 0.717) is 17.6 Å². The summed E-state index contributed by atoms with van der Waals surface area (Å²) >= 11 is 0. The Hall–Kier alpha value is -1.29. The lowest BCUT2D eigenvalue weighted by Crippen LogP contribution is -1.99. The fraction of sp³-hybridized carbons (Fsp3) is 0. The molecule has 0 radical (unpaired) electrons. The second-order valence-electron chi connectivity index (χ2n) is 1.91. The van der Waals surface area contributed by atoms with Crippen LogP contribution in [0.25, 0.3) is 0 Å². The molecule has 0 aliphatic carbocycles. The van der Waals surface area contributed by atoms with Crippen molar-refractivity contribution in [3.8, 4) is 5.75 Å². The summed E-state index contributed by atoms with van der Waals surface area (Å²) < 4.78 is 11.3. The SMILES string of the molecule is [2H]B(O)Oc1ccc(C=O)cc1. The number of hydrogen-bond acceptors (Lipinski definition) is 3. The highest BCUT2D eigenvalue weighted by Crippen LogP contribution is 2.09. The number of rotatable bonds is 3. The van der Waals surface area contributed by atoms with Gasteiger partial charge in [-0.3, -0.25) is 4.79 Å². The topological polar surface area (TPSA) is 46.5 Å². The molecule has 0 aromatic heterocycles. The summed E-state index contributed by atoms with van der Waals surface area (Å²) in [5, 5.41) is 8.51. The van der Waals surface area contributed by atoms with Crippen LogP contribution in [-0.2, 0) is 0 Å². The molecule has 11 heavy (non-hydrogen) atoms. The van der Waals surface area contributed by atoms with Crippen molar-refractivity contribution >= 4 is 13.9 Å². The van der Waals surface area contributed by atoms with Crippen molar-refractivity contribution in [1.29, 1.82) is 1.34 Å². The molecule has 0 aliphatic heterocycles. The van der Waals surface area contributed by atoms with Crippen molar-refractivity contribution in [3.05, 3.63) is 29.8 Å². The monoisotopic (exact) mass is 151 g/mol. The summed E-state index contributed by atoms with van der Waals surface area (Å²) in [6.45, 7) is 0. The number of aldehydes is 1. The molecule has 0 heterocycles. The van der Waals surface area contributed by atoms with Crippen molar-refractivity contribution in [2.24, 2.45) is 0 Å². The van der Waals surface area contributed by atoms with Gasteiger partial charge in [-0.25, -0.2) is 0 Å². The van der Waals surface area contributed by atoms with Gasteiger partial charge in [-0.15, -0.1) is 0 Å². The Balaban J connectivity index is 2.71. The minimum absolute atomic E-state index is 0.364. The fourth-order valence-corrected chi connectivity index (χ4v) is 0.686. The Labute approximate surface area is 66.3 Å². The van der Waals surface area contributed by atoms with Crippen molar-refractivity contribution in [1.82, 2.24) is 0 Å². The van der Waals surface area contributed by atoms with Crippen LogP contribution in [0.15, 0.2) is 24.3 Å². The Morgan fingerprint density at radius 3 is 2.64 bits per heavy atom. The highest BCUT2D eigenvalue weighted by molar-refractivity contribution is 6.17. The van der Waals surface area contributed by atoms with E-state index in [9.17, 15) is 4.79 Å². The zero-order valence-corrected chi connectivity index (χ0v) is 5.73. The van der Waals surface area contributed by atoms with Gasteiger partial charge in [0.05, 0.1) is 1.34 Å². The first kappa shape index (κ1) is 6.43. The molecule has 0 saturated heterocycles. The minimum atomic E-state index is -1.58. The van der Waals surface area contributed by atoms with Crippen LogP contribution >= 0.6 is 0 Å². The Bertz CT molecular complexity index is 260. The minimum Gasteiger partial charge on any atom is -0.539 e. The van der Waals surface area contributed by atoms with Crippen molar-refractivity contribution in [3.63, 3.8) is 0 Å². The summed E-state index contributed by atoms with van der Waals surface area (Å²) in [6, 6.07) is 6.12. The van der Waals surface area contributed by atoms with Crippen LogP contribution in [0.2, 0.25) is 0 Å². The predicted octanol–water partition coefficient (Wildman–Crippen LogP) is 0.137. The van der Waals surface area contributed by atoms with E-state index in [0.717, 1.165) is 0 Å². The maximum absolute atomic E-state index is 10.2. The maximum atomic E-state index is 10.2. The van der Waals surface area contributed by atoms with Crippen LogP contribution in [0.5, 0.6) is 5.75 Å². The van der Waals surface area contributed by atoms with Gasteiger partial charge < -0.3 is 9.68 Å². The number of benzene rings is 1. The van der Waals surface area contributed by atoms with E-state index in [2.05, 4.69) is 4.65 Å². The molecule has 56 valence electrons. The molecule has 1 aromatic rings. The molecule has 0 aliphatic rings. The molecule has 1 rings (SSSR count). The average Bonchev–Trinajstić information content (AvgIpc) is 2.05. The molecular weight excluding hydrogens is 143 g/mol. The molecule has 3 nitrogen and oxygen atoms in total. The van der Waals surface area contributed by atoms with Gasteiger partial charge in [0, 0.05) is 5.56 Å². The van der Waals surface area contributed by atoms with Crippen molar-refractivity contribution < 1.29 is 14.5 Å². The molecule has 0 unspecified atom stereocenters. The fourth-order valence-electron chi connectivity index (χ4n) is 0.686. The molecule has 0 atom stereocenters. The third-order valence-corrected chi connectivity index (χ3v) is 1.20. The molecule has 1 N–H and O–H groups in total. The lowest BCUT2D eigenvalue weighted by Gasteiger charge is -1.99. The summed E-state index contributed by atoms with van der Waals surface area (Å²) in [7, 11) is -1.58. The molecular formula is C7H7BO3. The van der Waals surface area contributed by atoms with Crippen LogP contribution in [0.4, 0.5) is 0 Å². The van der Waals surface area contributed by atoms with Gasteiger partial charge in [0.15, 0.2) is 0 Å². The van der Waals surface area contributed by atoms with Gasteiger partial charge in [-0.05, 0) is 24.3 Å². The van der Waals surface area contributed by atoms with E-state index in [1.54, 1.807) is 12.1 Å². The van der Waals surface area contributed by atoms with E-state index in [4.69, 9.17) is 6.36 Å². The molecule has 0 fully saturated rings. The third kappa shape index (κ3) is 2.09. The quantitative estimate of drug-likeness (QED) is 0.493. The van der Waals surface area contributed by atoms with Gasteiger partial charge in [0.2, 0.25) is 0 Å². The lowest BCUT2D eigenvalue weighted by molar-refractivity contribution is 0.112. The van der Waals surface area contributed by atoms with E-state index >= 15 is 0 Å². The molecule has 0 bridgehead atoms. The smallest absolute Gasteiger partial charge is 0.504 e. The molecule has 0 amide bonds.